The van der Waals surface area contributed by atoms with Crippen molar-refractivity contribution in [2.45, 2.75) is 26.2 Å². The van der Waals surface area contributed by atoms with E-state index in [1.807, 2.05) is 12.1 Å². The third-order valence-electron chi connectivity index (χ3n) is 3.14. The second kappa shape index (κ2) is 7.47. The highest BCUT2D eigenvalue weighted by Crippen LogP contribution is 2.13. The fourth-order valence-corrected chi connectivity index (χ4v) is 2.07. The van der Waals surface area contributed by atoms with Crippen molar-refractivity contribution >= 4 is 11.6 Å². The van der Waals surface area contributed by atoms with Gasteiger partial charge in [0.2, 0.25) is 0 Å². The molecule has 0 aliphatic carbocycles. The number of ether oxygens (including phenoxy) is 1. The van der Waals surface area contributed by atoms with Crippen LogP contribution in [0.1, 0.15) is 24.7 Å². The van der Waals surface area contributed by atoms with Crippen molar-refractivity contribution in [3.8, 4) is 5.75 Å². The molecule has 2 rings (SSSR count). The van der Waals surface area contributed by atoms with Gasteiger partial charge in [0.05, 0.1) is 7.11 Å². The molecule has 0 saturated carbocycles. The summed E-state index contributed by atoms with van der Waals surface area (Å²) in [5.41, 5.74) is 7.05. The van der Waals surface area contributed by atoms with Gasteiger partial charge in [-0.3, -0.25) is 0 Å². The van der Waals surface area contributed by atoms with Gasteiger partial charge in [0, 0.05) is 19.0 Å². The zero-order valence-electron chi connectivity index (χ0n) is 12.6. The smallest absolute Gasteiger partial charge is 0.133 e. The maximum Gasteiger partial charge on any atom is 0.133 e. The highest BCUT2D eigenvalue weighted by atomic mass is 16.5. The van der Waals surface area contributed by atoms with E-state index >= 15 is 0 Å². The zero-order chi connectivity index (χ0) is 15.1. The summed E-state index contributed by atoms with van der Waals surface area (Å²) in [5.74, 6) is 2.98. The average Bonchev–Trinajstić information content (AvgIpc) is 2.48. The van der Waals surface area contributed by atoms with Gasteiger partial charge in [0.1, 0.15) is 23.2 Å². The molecule has 0 radical (unpaired) electrons. The lowest BCUT2D eigenvalue weighted by Crippen LogP contribution is -2.09. The first-order valence-electron chi connectivity index (χ1n) is 7.21. The molecule has 0 aliphatic rings. The lowest BCUT2D eigenvalue weighted by atomic mass is 10.1. The van der Waals surface area contributed by atoms with Crippen LogP contribution in [-0.2, 0) is 12.8 Å². The van der Waals surface area contributed by atoms with Gasteiger partial charge in [-0.2, -0.15) is 0 Å². The molecule has 0 amide bonds. The van der Waals surface area contributed by atoms with Crippen LogP contribution in [0.25, 0.3) is 0 Å². The molecule has 0 saturated heterocycles. The Morgan fingerprint density at radius 2 is 1.90 bits per heavy atom. The van der Waals surface area contributed by atoms with E-state index in [0.29, 0.717) is 5.82 Å². The Balaban J connectivity index is 1.90. The van der Waals surface area contributed by atoms with Crippen molar-refractivity contribution in [2.24, 2.45) is 0 Å². The van der Waals surface area contributed by atoms with Crippen molar-refractivity contribution in [3.63, 3.8) is 0 Å². The molecule has 112 valence electrons. The number of aryl methyl sites for hydroxylation is 1. The van der Waals surface area contributed by atoms with E-state index in [1.165, 1.54) is 5.56 Å². The van der Waals surface area contributed by atoms with Crippen LogP contribution in [0.2, 0.25) is 0 Å². The van der Waals surface area contributed by atoms with E-state index in [2.05, 4.69) is 34.3 Å². The van der Waals surface area contributed by atoms with Crippen molar-refractivity contribution in [1.29, 1.82) is 0 Å². The van der Waals surface area contributed by atoms with E-state index in [0.717, 1.165) is 43.2 Å². The van der Waals surface area contributed by atoms with Crippen molar-refractivity contribution < 1.29 is 4.74 Å². The minimum absolute atomic E-state index is 0.514. The molecule has 3 N–H and O–H groups in total. The number of benzene rings is 1. The second-order valence-corrected chi connectivity index (χ2v) is 4.87. The lowest BCUT2D eigenvalue weighted by molar-refractivity contribution is 0.414. The first kappa shape index (κ1) is 15.1. The minimum Gasteiger partial charge on any atom is -0.497 e. The molecule has 21 heavy (non-hydrogen) atoms. The normalized spacial score (nSPS) is 10.4. The molecule has 1 aromatic carbocycles. The molecule has 0 atom stereocenters. The quantitative estimate of drug-likeness (QED) is 0.818. The zero-order valence-corrected chi connectivity index (χ0v) is 12.6. The number of aromatic nitrogens is 2. The van der Waals surface area contributed by atoms with Crippen LogP contribution < -0.4 is 15.8 Å². The Bertz CT molecular complexity index is 569. The molecular weight excluding hydrogens is 264 g/mol. The number of hydrogen-bond acceptors (Lipinski definition) is 5. The summed E-state index contributed by atoms with van der Waals surface area (Å²) in [6.07, 6.45) is 2.77. The van der Waals surface area contributed by atoms with Gasteiger partial charge < -0.3 is 15.8 Å². The second-order valence-electron chi connectivity index (χ2n) is 4.87. The molecule has 0 fully saturated rings. The molecule has 5 heteroatoms. The first-order valence-corrected chi connectivity index (χ1v) is 7.21. The van der Waals surface area contributed by atoms with Crippen LogP contribution in [0, 0.1) is 0 Å². The monoisotopic (exact) mass is 286 g/mol. The van der Waals surface area contributed by atoms with Gasteiger partial charge in [-0.15, -0.1) is 0 Å². The fraction of sp³-hybridized carbons (Fsp3) is 0.375. The summed E-state index contributed by atoms with van der Waals surface area (Å²) in [6, 6.07) is 9.84. The number of nitrogen functional groups attached to an aromatic ring is 1. The van der Waals surface area contributed by atoms with Crippen molar-refractivity contribution in [1.82, 2.24) is 9.97 Å². The van der Waals surface area contributed by atoms with E-state index in [9.17, 15) is 0 Å². The summed E-state index contributed by atoms with van der Waals surface area (Å²) < 4.78 is 5.15. The summed E-state index contributed by atoms with van der Waals surface area (Å²) in [4.78, 5) is 8.68. The minimum atomic E-state index is 0.514. The molecule has 0 unspecified atom stereocenters. The van der Waals surface area contributed by atoms with Crippen LogP contribution in [0.3, 0.4) is 0 Å². The van der Waals surface area contributed by atoms with Gasteiger partial charge in [-0.25, -0.2) is 9.97 Å². The Labute approximate surface area is 125 Å². The topological polar surface area (TPSA) is 73.1 Å². The fourth-order valence-electron chi connectivity index (χ4n) is 2.07. The standard InChI is InChI=1S/C16H22N4O/c1-3-4-15-19-14(17)11-16(20-15)18-10-9-12-5-7-13(21-2)8-6-12/h5-8,11H,3-4,9-10H2,1-2H3,(H3,17,18,19,20). The number of nitrogens with one attached hydrogen (secondary N) is 1. The number of rotatable bonds is 7. The highest BCUT2D eigenvalue weighted by molar-refractivity contribution is 5.44. The number of methoxy groups -OCH3 is 1. The average molecular weight is 286 g/mol. The number of hydrogen-bond donors (Lipinski definition) is 2. The third kappa shape index (κ3) is 4.63. The molecule has 2 aromatic rings. The Hall–Kier alpha value is -2.30. The maximum atomic E-state index is 5.80. The number of nitrogens with two attached hydrogens (primary N) is 1. The maximum absolute atomic E-state index is 5.80. The largest absolute Gasteiger partial charge is 0.497 e. The van der Waals surface area contributed by atoms with Crippen LogP contribution in [0.4, 0.5) is 11.6 Å². The summed E-state index contributed by atoms with van der Waals surface area (Å²) in [6.45, 7) is 2.90. The summed E-state index contributed by atoms with van der Waals surface area (Å²) >= 11 is 0. The van der Waals surface area contributed by atoms with Gasteiger partial charge in [-0.1, -0.05) is 19.1 Å². The predicted octanol–water partition coefficient (Wildman–Crippen LogP) is 2.67. The van der Waals surface area contributed by atoms with Crippen molar-refractivity contribution in [2.75, 3.05) is 24.7 Å². The molecule has 0 aliphatic heterocycles. The molecule has 0 spiro atoms. The third-order valence-corrected chi connectivity index (χ3v) is 3.14. The molecule has 1 aromatic heterocycles. The van der Waals surface area contributed by atoms with Crippen LogP contribution in [0.15, 0.2) is 30.3 Å². The van der Waals surface area contributed by atoms with E-state index < -0.39 is 0 Å². The molecule has 5 nitrogen and oxygen atoms in total. The van der Waals surface area contributed by atoms with Gasteiger partial charge >= 0.3 is 0 Å². The summed E-state index contributed by atoms with van der Waals surface area (Å²) in [5, 5.41) is 3.30. The van der Waals surface area contributed by atoms with E-state index in [4.69, 9.17) is 10.5 Å². The number of nitrogens with zero attached hydrogens (tertiary/aromatic N) is 2. The van der Waals surface area contributed by atoms with Crippen LogP contribution >= 0.6 is 0 Å². The first-order chi connectivity index (χ1) is 10.2. The van der Waals surface area contributed by atoms with Gasteiger partial charge in [0.15, 0.2) is 0 Å². The summed E-state index contributed by atoms with van der Waals surface area (Å²) in [7, 11) is 1.67. The molecule has 0 bridgehead atoms. The molecule has 1 heterocycles. The molecular formula is C16H22N4O. The van der Waals surface area contributed by atoms with Gasteiger partial charge in [-0.05, 0) is 30.5 Å². The van der Waals surface area contributed by atoms with E-state index in [-0.39, 0.29) is 0 Å². The highest BCUT2D eigenvalue weighted by Gasteiger charge is 2.02. The Kier molecular flexibility index (Phi) is 5.37. The van der Waals surface area contributed by atoms with Gasteiger partial charge in [0.25, 0.3) is 0 Å². The van der Waals surface area contributed by atoms with Crippen molar-refractivity contribution in [3.05, 3.63) is 41.7 Å². The number of anilines is 2. The Morgan fingerprint density at radius 3 is 2.57 bits per heavy atom. The Morgan fingerprint density at radius 1 is 1.14 bits per heavy atom. The lowest BCUT2D eigenvalue weighted by Gasteiger charge is -2.08. The van der Waals surface area contributed by atoms with Crippen LogP contribution in [-0.4, -0.2) is 23.6 Å². The van der Waals surface area contributed by atoms with E-state index in [1.54, 1.807) is 13.2 Å². The predicted molar refractivity (Wildman–Crippen MR) is 85.6 cm³/mol. The SMILES string of the molecule is CCCc1nc(N)cc(NCCc2ccc(OC)cc2)n1. The van der Waals surface area contributed by atoms with Crippen LogP contribution in [0.5, 0.6) is 5.75 Å².